The van der Waals surface area contributed by atoms with Crippen molar-refractivity contribution in [2.45, 2.75) is 37.6 Å². The molecule has 0 atom stereocenters. The Balaban J connectivity index is 1.83. The predicted molar refractivity (Wildman–Crippen MR) is 63.2 cm³/mol. The van der Waals surface area contributed by atoms with Crippen LogP contribution in [0, 0.1) is 0 Å². The lowest BCUT2D eigenvalue weighted by Gasteiger charge is -2.08. The maximum Gasteiger partial charge on any atom is 0.0207 e. The molecule has 1 saturated carbocycles. The van der Waals surface area contributed by atoms with Gasteiger partial charge < -0.3 is 5.73 Å². The van der Waals surface area contributed by atoms with Gasteiger partial charge in [0, 0.05) is 10.0 Å². The third-order valence-corrected chi connectivity index (χ3v) is 3.74. The summed E-state index contributed by atoms with van der Waals surface area (Å²) in [6.45, 7) is 0. The van der Waals surface area contributed by atoms with Crippen molar-refractivity contribution in [1.29, 1.82) is 0 Å². The molecule has 0 aromatic heterocycles. The van der Waals surface area contributed by atoms with Crippen LogP contribution in [-0.2, 0) is 6.42 Å². The van der Waals surface area contributed by atoms with E-state index in [4.69, 9.17) is 5.73 Å². The standard InChI is InChI=1S/C12H16BrN/c13-11-6-2-1-4-10(11)5-3-7-12(14)8-9-12/h1-2,4,6H,3,5,7-9,14H2. The van der Waals surface area contributed by atoms with Crippen molar-refractivity contribution >= 4 is 15.9 Å². The van der Waals surface area contributed by atoms with Crippen molar-refractivity contribution in [1.82, 2.24) is 0 Å². The highest BCUT2D eigenvalue weighted by Crippen LogP contribution is 2.37. The van der Waals surface area contributed by atoms with Gasteiger partial charge in [0.2, 0.25) is 0 Å². The number of halogens is 1. The molecule has 0 spiro atoms. The van der Waals surface area contributed by atoms with E-state index in [1.807, 2.05) is 0 Å². The second-order valence-electron chi connectivity index (χ2n) is 4.31. The summed E-state index contributed by atoms with van der Waals surface area (Å²) in [6, 6.07) is 8.43. The van der Waals surface area contributed by atoms with Crippen molar-refractivity contribution in [2.24, 2.45) is 5.73 Å². The molecule has 1 aromatic rings. The van der Waals surface area contributed by atoms with Crippen LogP contribution in [0.2, 0.25) is 0 Å². The summed E-state index contributed by atoms with van der Waals surface area (Å²) in [5, 5.41) is 0. The van der Waals surface area contributed by atoms with Gasteiger partial charge in [0.05, 0.1) is 0 Å². The Morgan fingerprint density at radius 1 is 1.29 bits per heavy atom. The highest BCUT2D eigenvalue weighted by atomic mass is 79.9. The minimum Gasteiger partial charge on any atom is -0.325 e. The van der Waals surface area contributed by atoms with Crippen molar-refractivity contribution in [3.63, 3.8) is 0 Å². The van der Waals surface area contributed by atoms with Gasteiger partial charge in [-0.3, -0.25) is 0 Å². The summed E-state index contributed by atoms with van der Waals surface area (Å²) in [5.41, 5.74) is 7.65. The summed E-state index contributed by atoms with van der Waals surface area (Å²) in [4.78, 5) is 0. The van der Waals surface area contributed by atoms with Crippen LogP contribution >= 0.6 is 15.9 Å². The molecule has 2 heteroatoms. The zero-order chi connectivity index (χ0) is 10.0. The second kappa shape index (κ2) is 4.03. The average molecular weight is 254 g/mol. The third kappa shape index (κ3) is 2.58. The molecule has 0 bridgehead atoms. The minimum atomic E-state index is 0.210. The van der Waals surface area contributed by atoms with E-state index in [-0.39, 0.29) is 5.54 Å². The first kappa shape index (κ1) is 10.2. The Kier molecular flexibility index (Phi) is 2.93. The fourth-order valence-corrected chi connectivity index (χ4v) is 2.23. The quantitative estimate of drug-likeness (QED) is 0.876. The first-order chi connectivity index (χ1) is 6.70. The number of hydrogen-bond donors (Lipinski definition) is 1. The van der Waals surface area contributed by atoms with Crippen LogP contribution < -0.4 is 5.73 Å². The van der Waals surface area contributed by atoms with Crippen molar-refractivity contribution in [3.8, 4) is 0 Å². The van der Waals surface area contributed by atoms with Crippen LogP contribution in [0.25, 0.3) is 0 Å². The highest BCUT2D eigenvalue weighted by Gasteiger charge is 2.36. The molecule has 1 nitrogen and oxygen atoms in total. The topological polar surface area (TPSA) is 26.0 Å². The minimum absolute atomic E-state index is 0.210. The molecule has 1 fully saturated rings. The second-order valence-corrected chi connectivity index (χ2v) is 5.16. The van der Waals surface area contributed by atoms with Gasteiger partial charge in [-0.15, -0.1) is 0 Å². The van der Waals surface area contributed by atoms with E-state index in [2.05, 4.69) is 40.2 Å². The zero-order valence-electron chi connectivity index (χ0n) is 8.30. The smallest absolute Gasteiger partial charge is 0.0207 e. The largest absolute Gasteiger partial charge is 0.325 e. The Bertz CT molecular complexity index is 318. The molecule has 1 aliphatic carbocycles. The van der Waals surface area contributed by atoms with E-state index in [9.17, 15) is 0 Å². The zero-order valence-corrected chi connectivity index (χ0v) is 9.89. The van der Waals surface area contributed by atoms with Gasteiger partial charge in [0.25, 0.3) is 0 Å². The van der Waals surface area contributed by atoms with E-state index in [0.29, 0.717) is 0 Å². The summed E-state index contributed by atoms with van der Waals surface area (Å²) >= 11 is 3.56. The molecule has 76 valence electrons. The van der Waals surface area contributed by atoms with Crippen molar-refractivity contribution < 1.29 is 0 Å². The molecular weight excluding hydrogens is 238 g/mol. The SMILES string of the molecule is NC1(CCCc2ccccc2Br)CC1. The average Bonchev–Trinajstić information content (AvgIpc) is 2.88. The van der Waals surface area contributed by atoms with Crippen LogP contribution in [0.4, 0.5) is 0 Å². The first-order valence-corrected chi connectivity index (χ1v) is 6.01. The molecule has 2 N–H and O–H groups in total. The molecule has 0 saturated heterocycles. The highest BCUT2D eigenvalue weighted by molar-refractivity contribution is 9.10. The molecule has 1 aliphatic rings. The molecule has 2 rings (SSSR count). The van der Waals surface area contributed by atoms with E-state index >= 15 is 0 Å². The first-order valence-electron chi connectivity index (χ1n) is 5.22. The summed E-state index contributed by atoms with van der Waals surface area (Å²) in [7, 11) is 0. The number of hydrogen-bond acceptors (Lipinski definition) is 1. The van der Waals surface area contributed by atoms with Crippen LogP contribution in [-0.4, -0.2) is 5.54 Å². The number of aryl methyl sites for hydroxylation is 1. The van der Waals surface area contributed by atoms with Gasteiger partial charge in [0.15, 0.2) is 0 Å². The maximum absolute atomic E-state index is 6.04. The Hall–Kier alpha value is -0.340. The van der Waals surface area contributed by atoms with E-state index in [0.717, 1.165) is 6.42 Å². The fraction of sp³-hybridized carbons (Fsp3) is 0.500. The molecule has 0 unspecified atom stereocenters. The maximum atomic E-state index is 6.04. The van der Waals surface area contributed by atoms with Gasteiger partial charge >= 0.3 is 0 Å². The lowest BCUT2D eigenvalue weighted by molar-refractivity contribution is 0.575. The Morgan fingerprint density at radius 3 is 2.64 bits per heavy atom. The molecule has 1 aromatic carbocycles. The fourth-order valence-electron chi connectivity index (χ4n) is 1.74. The molecule has 0 radical (unpaired) electrons. The summed E-state index contributed by atoms with van der Waals surface area (Å²) in [6.07, 6.45) is 5.97. The summed E-state index contributed by atoms with van der Waals surface area (Å²) < 4.78 is 1.22. The van der Waals surface area contributed by atoms with E-state index in [1.54, 1.807) is 0 Å². The number of rotatable bonds is 4. The number of nitrogens with two attached hydrogens (primary N) is 1. The third-order valence-electron chi connectivity index (χ3n) is 2.97. The van der Waals surface area contributed by atoms with Gasteiger partial charge in [0.1, 0.15) is 0 Å². The van der Waals surface area contributed by atoms with Gasteiger partial charge in [-0.25, -0.2) is 0 Å². The molecule has 0 amide bonds. The van der Waals surface area contributed by atoms with Crippen LogP contribution in [0.15, 0.2) is 28.7 Å². The Morgan fingerprint density at radius 2 is 2.00 bits per heavy atom. The van der Waals surface area contributed by atoms with Gasteiger partial charge in [-0.1, -0.05) is 34.1 Å². The van der Waals surface area contributed by atoms with Gasteiger partial charge in [-0.05, 0) is 43.7 Å². The Labute approximate surface area is 93.8 Å². The summed E-state index contributed by atoms with van der Waals surface area (Å²) in [5.74, 6) is 0. The monoisotopic (exact) mass is 253 g/mol. The molecular formula is C12H16BrN. The van der Waals surface area contributed by atoms with E-state index in [1.165, 1.54) is 35.7 Å². The molecule has 14 heavy (non-hydrogen) atoms. The van der Waals surface area contributed by atoms with Gasteiger partial charge in [-0.2, -0.15) is 0 Å². The lowest BCUT2D eigenvalue weighted by Crippen LogP contribution is -2.21. The predicted octanol–water partition coefficient (Wildman–Crippen LogP) is 3.26. The van der Waals surface area contributed by atoms with Crippen LogP contribution in [0.1, 0.15) is 31.2 Å². The van der Waals surface area contributed by atoms with E-state index < -0.39 is 0 Å². The van der Waals surface area contributed by atoms with Crippen molar-refractivity contribution in [3.05, 3.63) is 34.3 Å². The number of benzene rings is 1. The van der Waals surface area contributed by atoms with Crippen molar-refractivity contribution in [2.75, 3.05) is 0 Å². The van der Waals surface area contributed by atoms with Crippen LogP contribution in [0.3, 0.4) is 0 Å². The lowest BCUT2D eigenvalue weighted by atomic mass is 10.0. The molecule has 0 heterocycles. The molecule has 0 aliphatic heterocycles. The normalized spacial score (nSPS) is 18.1. The van der Waals surface area contributed by atoms with Crippen LogP contribution in [0.5, 0.6) is 0 Å².